The maximum absolute atomic E-state index is 14.3. The van der Waals surface area contributed by atoms with Gasteiger partial charge in [-0.15, -0.1) is 11.3 Å². The van der Waals surface area contributed by atoms with Crippen molar-refractivity contribution in [2.75, 3.05) is 19.7 Å². The van der Waals surface area contributed by atoms with Crippen LogP contribution in [0.1, 0.15) is 40.1 Å². The van der Waals surface area contributed by atoms with E-state index in [1.54, 1.807) is 0 Å². The first-order chi connectivity index (χ1) is 14.8. The number of alkyl halides is 2. The number of likely N-dealkylation sites (tertiary alicyclic amines) is 1. The number of benzene rings is 1. The molecule has 5 rings (SSSR count). The van der Waals surface area contributed by atoms with Gasteiger partial charge in [0, 0.05) is 41.8 Å². The molecule has 4 heterocycles. The number of hydrogen-bond acceptors (Lipinski definition) is 4. The zero-order valence-electron chi connectivity index (χ0n) is 17.5. The standard InChI is InChI=1S/C23H24ClF2N3OS/c1-15-5-3-4-6-19(15)29-13-17(16(2)27-29)12-28-9-7-22(8-10-28)21-18(11-20(24)31-21)23(25,26)14-30-22/h3-6,11,13H,7-10,12,14H2,1-2H3. The molecule has 0 amide bonds. The number of hydrogen-bond donors (Lipinski definition) is 0. The van der Waals surface area contributed by atoms with Gasteiger partial charge in [0.15, 0.2) is 0 Å². The van der Waals surface area contributed by atoms with Crippen molar-refractivity contribution in [1.29, 1.82) is 0 Å². The number of aromatic nitrogens is 2. The molecule has 0 aliphatic carbocycles. The average molecular weight is 464 g/mol. The molecule has 2 aliphatic rings. The lowest BCUT2D eigenvalue weighted by Gasteiger charge is -2.45. The molecule has 1 aromatic carbocycles. The summed E-state index contributed by atoms with van der Waals surface area (Å²) in [6.45, 7) is 5.86. The van der Waals surface area contributed by atoms with Crippen LogP contribution >= 0.6 is 22.9 Å². The maximum atomic E-state index is 14.3. The van der Waals surface area contributed by atoms with E-state index >= 15 is 0 Å². The minimum Gasteiger partial charge on any atom is -0.363 e. The quantitative estimate of drug-likeness (QED) is 0.490. The topological polar surface area (TPSA) is 30.3 Å². The van der Waals surface area contributed by atoms with Crippen molar-refractivity contribution in [3.63, 3.8) is 0 Å². The number of para-hydroxylation sites is 1. The highest BCUT2D eigenvalue weighted by Gasteiger charge is 2.51. The Morgan fingerprint density at radius 3 is 2.68 bits per heavy atom. The Morgan fingerprint density at radius 1 is 1.19 bits per heavy atom. The van der Waals surface area contributed by atoms with Gasteiger partial charge >= 0.3 is 0 Å². The number of piperidine rings is 1. The van der Waals surface area contributed by atoms with Crippen LogP contribution in [0.2, 0.25) is 4.34 Å². The summed E-state index contributed by atoms with van der Waals surface area (Å²) in [6.07, 6.45) is 3.45. The second-order valence-corrected chi connectivity index (χ2v) is 10.2. The number of fused-ring (bicyclic) bond motifs is 2. The molecule has 0 unspecified atom stereocenters. The third-order valence-electron chi connectivity index (χ3n) is 6.46. The summed E-state index contributed by atoms with van der Waals surface area (Å²) in [5, 5.41) is 4.71. The highest BCUT2D eigenvalue weighted by Crippen LogP contribution is 2.52. The Morgan fingerprint density at radius 2 is 1.94 bits per heavy atom. The van der Waals surface area contributed by atoms with Gasteiger partial charge < -0.3 is 4.74 Å². The van der Waals surface area contributed by atoms with Crippen LogP contribution in [0.3, 0.4) is 0 Å². The first-order valence-electron chi connectivity index (χ1n) is 10.4. The van der Waals surface area contributed by atoms with Crippen LogP contribution in [-0.2, 0) is 22.8 Å². The minimum absolute atomic E-state index is 0.0533. The second-order valence-electron chi connectivity index (χ2n) is 8.53. The molecule has 8 heteroatoms. The molecule has 0 bridgehead atoms. The molecule has 0 N–H and O–H groups in total. The fourth-order valence-electron chi connectivity index (χ4n) is 4.62. The van der Waals surface area contributed by atoms with Gasteiger partial charge in [-0.05, 0) is 44.4 Å². The van der Waals surface area contributed by atoms with Crippen LogP contribution in [0.15, 0.2) is 36.5 Å². The lowest BCUT2D eigenvalue weighted by molar-refractivity contribution is -0.182. The Hall–Kier alpha value is -1.80. The molecule has 1 fully saturated rings. The van der Waals surface area contributed by atoms with E-state index in [1.807, 2.05) is 23.7 Å². The van der Waals surface area contributed by atoms with E-state index in [4.69, 9.17) is 21.4 Å². The third kappa shape index (κ3) is 3.71. The summed E-state index contributed by atoms with van der Waals surface area (Å²) in [7, 11) is 0. The summed E-state index contributed by atoms with van der Waals surface area (Å²) in [4.78, 5) is 2.96. The minimum atomic E-state index is -2.97. The molecule has 0 atom stereocenters. The molecule has 1 saturated heterocycles. The van der Waals surface area contributed by atoms with E-state index < -0.39 is 18.1 Å². The normalized spacial score (nSPS) is 20.2. The molecule has 0 saturated carbocycles. The highest BCUT2D eigenvalue weighted by molar-refractivity contribution is 7.16. The van der Waals surface area contributed by atoms with E-state index in [1.165, 1.54) is 28.5 Å². The van der Waals surface area contributed by atoms with Gasteiger partial charge in [0.2, 0.25) is 0 Å². The van der Waals surface area contributed by atoms with E-state index in [0.717, 1.165) is 31.0 Å². The van der Waals surface area contributed by atoms with Crippen LogP contribution < -0.4 is 0 Å². The van der Waals surface area contributed by atoms with Crippen LogP contribution in [-0.4, -0.2) is 34.4 Å². The van der Waals surface area contributed by atoms with Gasteiger partial charge in [-0.1, -0.05) is 29.8 Å². The number of aryl methyl sites for hydroxylation is 2. The van der Waals surface area contributed by atoms with Crippen molar-refractivity contribution in [3.05, 3.63) is 68.1 Å². The lowest BCUT2D eigenvalue weighted by Crippen LogP contribution is -2.48. The fraction of sp³-hybridized carbons (Fsp3) is 0.435. The Labute approximate surface area is 189 Å². The fourth-order valence-corrected chi connectivity index (χ4v) is 6.10. The predicted octanol–water partition coefficient (Wildman–Crippen LogP) is 5.82. The molecule has 164 valence electrons. The number of rotatable bonds is 3. The van der Waals surface area contributed by atoms with Crippen LogP contribution in [0.25, 0.3) is 5.69 Å². The molecular weight excluding hydrogens is 440 g/mol. The molecule has 31 heavy (non-hydrogen) atoms. The summed E-state index contributed by atoms with van der Waals surface area (Å²) in [6, 6.07) is 9.60. The first kappa shape index (κ1) is 21.1. The van der Waals surface area contributed by atoms with Crippen LogP contribution in [0.5, 0.6) is 0 Å². The number of halogens is 3. The van der Waals surface area contributed by atoms with Crippen molar-refractivity contribution in [1.82, 2.24) is 14.7 Å². The van der Waals surface area contributed by atoms with Gasteiger partial charge in [0.05, 0.1) is 15.7 Å². The summed E-state index contributed by atoms with van der Waals surface area (Å²) >= 11 is 7.34. The smallest absolute Gasteiger partial charge is 0.297 e. The van der Waals surface area contributed by atoms with Crippen molar-refractivity contribution in [2.45, 2.75) is 44.8 Å². The Bertz CT molecular complexity index is 1120. The molecule has 1 spiro atoms. The van der Waals surface area contributed by atoms with Crippen molar-refractivity contribution in [2.24, 2.45) is 0 Å². The van der Waals surface area contributed by atoms with E-state index in [0.29, 0.717) is 22.1 Å². The van der Waals surface area contributed by atoms with E-state index in [9.17, 15) is 8.78 Å². The monoisotopic (exact) mass is 463 g/mol. The summed E-state index contributed by atoms with van der Waals surface area (Å²) in [5.74, 6) is -2.97. The van der Waals surface area contributed by atoms with E-state index in [2.05, 4.69) is 30.2 Å². The van der Waals surface area contributed by atoms with Crippen molar-refractivity contribution < 1.29 is 13.5 Å². The highest BCUT2D eigenvalue weighted by atomic mass is 35.5. The first-order valence-corrected chi connectivity index (χ1v) is 11.6. The molecule has 2 aromatic heterocycles. The average Bonchev–Trinajstić information content (AvgIpc) is 3.31. The maximum Gasteiger partial charge on any atom is 0.297 e. The van der Waals surface area contributed by atoms with Gasteiger partial charge in [-0.25, -0.2) is 4.68 Å². The molecule has 3 aromatic rings. The predicted molar refractivity (Wildman–Crippen MR) is 118 cm³/mol. The third-order valence-corrected chi connectivity index (χ3v) is 7.91. The van der Waals surface area contributed by atoms with Gasteiger partial charge in [-0.2, -0.15) is 13.9 Å². The van der Waals surface area contributed by atoms with E-state index in [-0.39, 0.29) is 5.56 Å². The molecular formula is C23H24ClF2N3OS. The number of ether oxygens (including phenoxy) is 1. The zero-order chi connectivity index (χ0) is 21.8. The number of thiophene rings is 1. The zero-order valence-corrected chi connectivity index (χ0v) is 19.1. The summed E-state index contributed by atoms with van der Waals surface area (Å²) in [5.41, 5.74) is 3.84. The van der Waals surface area contributed by atoms with Crippen LogP contribution in [0.4, 0.5) is 8.78 Å². The largest absolute Gasteiger partial charge is 0.363 e. The van der Waals surface area contributed by atoms with Gasteiger partial charge in [0.25, 0.3) is 5.92 Å². The summed E-state index contributed by atoms with van der Waals surface area (Å²) < 4.78 is 36.8. The van der Waals surface area contributed by atoms with Crippen molar-refractivity contribution in [3.8, 4) is 5.69 Å². The van der Waals surface area contributed by atoms with Crippen molar-refractivity contribution >= 4 is 22.9 Å². The SMILES string of the molecule is Cc1ccccc1-n1cc(CN2CCC3(CC2)OCC(F)(F)c2cc(Cl)sc23)c(C)n1. The van der Waals surface area contributed by atoms with Gasteiger partial charge in [0.1, 0.15) is 12.2 Å². The van der Waals surface area contributed by atoms with Crippen LogP contribution in [0, 0.1) is 13.8 Å². The second kappa shape index (κ2) is 7.66. The Kier molecular flexibility index (Phi) is 5.20. The Balaban J connectivity index is 1.32. The molecule has 0 radical (unpaired) electrons. The molecule has 2 aliphatic heterocycles. The lowest BCUT2D eigenvalue weighted by atomic mass is 9.84. The number of nitrogens with zero attached hydrogens (tertiary/aromatic N) is 3. The molecule has 4 nitrogen and oxygen atoms in total. The van der Waals surface area contributed by atoms with Gasteiger partial charge in [-0.3, -0.25) is 4.90 Å².